The lowest BCUT2D eigenvalue weighted by Crippen LogP contribution is -2.14. The van der Waals surface area contributed by atoms with Crippen LogP contribution in [0.2, 0.25) is 0 Å². The molecule has 0 atom stereocenters. The molecule has 0 amide bonds. The highest BCUT2D eigenvalue weighted by Gasteiger charge is 2.41. The summed E-state index contributed by atoms with van der Waals surface area (Å²) in [5, 5.41) is 8.35. The molecular formula is C16H11F4N3O3S. The van der Waals surface area contributed by atoms with E-state index in [4.69, 9.17) is 5.14 Å². The predicted molar refractivity (Wildman–Crippen MR) is 86.2 cm³/mol. The van der Waals surface area contributed by atoms with Gasteiger partial charge in [-0.05, 0) is 36.2 Å². The van der Waals surface area contributed by atoms with Crippen LogP contribution in [-0.2, 0) is 16.2 Å². The number of hydrogen-bond donors (Lipinski definition) is 1. The van der Waals surface area contributed by atoms with Crippen molar-refractivity contribution >= 4 is 10.0 Å². The van der Waals surface area contributed by atoms with Crippen molar-refractivity contribution in [3.63, 3.8) is 0 Å². The number of alkyl halides is 3. The normalized spacial score (nSPS) is 12.4. The number of halogens is 4. The molecule has 0 unspecified atom stereocenters. The van der Waals surface area contributed by atoms with E-state index in [1.54, 1.807) is 6.92 Å². The molecule has 11 heteroatoms. The second kappa shape index (κ2) is 6.43. The van der Waals surface area contributed by atoms with Crippen LogP contribution >= 0.6 is 0 Å². The van der Waals surface area contributed by atoms with Gasteiger partial charge in [0, 0.05) is 18.0 Å². The van der Waals surface area contributed by atoms with E-state index in [9.17, 15) is 26.0 Å². The zero-order valence-corrected chi connectivity index (χ0v) is 14.4. The van der Waals surface area contributed by atoms with Crippen molar-refractivity contribution < 1.29 is 30.5 Å². The number of nitrogens with two attached hydrogens (primary N) is 1. The van der Waals surface area contributed by atoms with Crippen molar-refractivity contribution in [1.82, 2.24) is 10.1 Å². The van der Waals surface area contributed by atoms with E-state index in [0.29, 0.717) is 11.6 Å². The Kier molecular flexibility index (Phi) is 4.52. The Bertz CT molecular complexity index is 1120. The maximum Gasteiger partial charge on any atom is 0.453 e. The maximum atomic E-state index is 14.2. The summed E-state index contributed by atoms with van der Waals surface area (Å²) >= 11 is 0. The summed E-state index contributed by atoms with van der Waals surface area (Å²) in [6, 6.07) is 3.95. The highest BCUT2D eigenvalue weighted by Crippen LogP contribution is 2.43. The molecule has 2 heterocycles. The molecule has 2 N–H and O–H groups in total. The van der Waals surface area contributed by atoms with Gasteiger partial charge in [-0.1, -0.05) is 11.2 Å². The Morgan fingerprint density at radius 3 is 2.37 bits per heavy atom. The largest absolute Gasteiger partial charge is 0.453 e. The zero-order valence-electron chi connectivity index (χ0n) is 13.6. The van der Waals surface area contributed by atoms with Gasteiger partial charge in [0.15, 0.2) is 0 Å². The van der Waals surface area contributed by atoms with E-state index in [0.717, 1.165) is 12.1 Å². The van der Waals surface area contributed by atoms with Crippen LogP contribution in [0.25, 0.3) is 22.4 Å². The maximum absolute atomic E-state index is 14.2. The third-order valence-corrected chi connectivity index (χ3v) is 4.57. The number of sulfonamides is 1. The van der Waals surface area contributed by atoms with Crippen LogP contribution in [0.5, 0.6) is 0 Å². The minimum atomic E-state index is -4.91. The van der Waals surface area contributed by atoms with Crippen molar-refractivity contribution in [2.45, 2.75) is 18.0 Å². The lowest BCUT2D eigenvalue weighted by Gasteiger charge is -2.09. The highest BCUT2D eigenvalue weighted by molar-refractivity contribution is 7.89. The first-order valence-corrected chi connectivity index (χ1v) is 8.84. The Labute approximate surface area is 150 Å². The van der Waals surface area contributed by atoms with Gasteiger partial charge < -0.3 is 4.52 Å². The summed E-state index contributed by atoms with van der Waals surface area (Å²) in [5.74, 6) is -2.74. The van der Waals surface area contributed by atoms with E-state index in [1.165, 1.54) is 18.5 Å². The minimum Gasteiger partial charge on any atom is -0.350 e. The van der Waals surface area contributed by atoms with E-state index in [2.05, 4.69) is 14.7 Å². The van der Waals surface area contributed by atoms with E-state index in [1.807, 2.05) is 0 Å². The fourth-order valence-electron chi connectivity index (χ4n) is 2.52. The van der Waals surface area contributed by atoms with Gasteiger partial charge in [-0.3, -0.25) is 4.98 Å². The molecule has 2 aromatic heterocycles. The molecule has 0 saturated heterocycles. The van der Waals surface area contributed by atoms with Crippen LogP contribution in [0.15, 0.2) is 46.1 Å². The molecule has 0 bridgehead atoms. The van der Waals surface area contributed by atoms with Crippen LogP contribution in [-0.4, -0.2) is 18.6 Å². The molecule has 142 valence electrons. The number of aromatic nitrogens is 2. The summed E-state index contributed by atoms with van der Waals surface area (Å²) in [7, 11) is -4.37. The van der Waals surface area contributed by atoms with Crippen LogP contribution < -0.4 is 5.14 Å². The molecule has 0 fully saturated rings. The van der Waals surface area contributed by atoms with Gasteiger partial charge in [0.05, 0.1) is 5.56 Å². The molecule has 3 rings (SSSR count). The van der Waals surface area contributed by atoms with Crippen LogP contribution in [0.1, 0.15) is 11.3 Å². The first-order chi connectivity index (χ1) is 12.5. The van der Waals surface area contributed by atoms with Gasteiger partial charge in [-0.25, -0.2) is 17.9 Å². The van der Waals surface area contributed by atoms with Crippen molar-refractivity contribution in [1.29, 1.82) is 0 Å². The Hall–Kier alpha value is -2.79. The molecular weight excluding hydrogens is 390 g/mol. The third-order valence-electron chi connectivity index (χ3n) is 3.63. The molecule has 0 saturated carbocycles. The molecule has 0 radical (unpaired) electrons. The van der Waals surface area contributed by atoms with Crippen LogP contribution in [0.4, 0.5) is 17.6 Å². The second-order valence-electron chi connectivity index (χ2n) is 5.67. The number of hydrogen-bond acceptors (Lipinski definition) is 5. The lowest BCUT2D eigenvalue weighted by atomic mass is 9.99. The third kappa shape index (κ3) is 3.69. The molecule has 1 aromatic carbocycles. The summed E-state index contributed by atoms with van der Waals surface area (Å²) in [5.41, 5.74) is -0.132. The standard InChI is InChI=1S/C16H11F4N3O3S/c1-8-4-10(7-22-6-8)14-13(15(26-23-14)16(18,19)20)9-2-3-12(11(17)5-9)27(21,24)25/h2-7H,1H3,(H2,21,24,25). The Balaban J connectivity index is 2.28. The molecule has 3 aromatic rings. The molecule has 6 nitrogen and oxygen atoms in total. The van der Waals surface area contributed by atoms with Gasteiger partial charge in [0.1, 0.15) is 16.4 Å². The minimum absolute atomic E-state index is 0.207. The highest BCUT2D eigenvalue weighted by atomic mass is 32.2. The Morgan fingerprint density at radius 2 is 1.81 bits per heavy atom. The molecule has 0 spiro atoms. The van der Waals surface area contributed by atoms with Gasteiger partial charge in [0.2, 0.25) is 15.8 Å². The Morgan fingerprint density at radius 1 is 1.11 bits per heavy atom. The molecule has 0 aliphatic carbocycles. The smallest absolute Gasteiger partial charge is 0.350 e. The number of primary sulfonamides is 1. The van der Waals surface area contributed by atoms with E-state index < -0.39 is 38.2 Å². The quantitative estimate of drug-likeness (QED) is 0.677. The molecule has 0 aliphatic rings. The average molecular weight is 401 g/mol. The van der Waals surface area contributed by atoms with Gasteiger partial charge in [-0.2, -0.15) is 13.2 Å². The van der Waals surface area contributed by atoms with Crippen molar-refractivity contribution in [2.24, 2.45) is 5.14 Å². The van der Waals surface area contributed by atoms with Gasteiger partial charge in [0.25, 0.3) is 0 Å². The number of pyridine rings is 1. The van der Waals surface area contributed by atoms with E-state index >= 15 is 0 Å². The number of aryl methyl sites for hydroxylation is 1. The zero-order chi connectivity index (χ0) is 20.0. The van der Waals surface area contributed by atoms with Gasteiger partial charge in [-0.15, -0.1) is 0 Å². The van der Waals surface area contributed by atoms with Crippen LogP contribution in [0, 0.1) is 12.7 Å². The molecule has 0 aliphatic heterocycles. The number of nitrogens with zero attached hydrogens (tertiary/aromatic N) is 2. The van der Waals surface area contributed by atoms with Gasteiger partial charge >= 0.3 is 6.18 Å². The number of benzene rings is 1. The summed E-state index contributed by atoms with van der Waals surface area (Å²) in [4.78, 5) is 3.06. The van der Waals surface area contributed by atoms with Crippen molar-refractivity contribution in [3.05, 3.63) is 53.8 Å². The summed E-state index contributed by atoms with van der Waals surface area (Å²) in [6.45, 7) is 1.68. The fraction of sp³-hybridized carbons (Fsp3) is 0.125. The summed E-state index contributed by atoms with van der Waals surface area (Å²) in [6.07, 6.45) is -2.13. The van der Waals surface area contributed by atoms with E-state index in [-0.39, 0.29) is 16.8 Å². The topological polar surface area (TPSA) is 99.1 Å². The van der Waals surface area contributed by atoms with Crippen LogP contribution in [0.3, 0.4) is 0 Å². The van der Waals surface area contributed by atoms with Crippen molar-refractivity contribution in [3.8, 4) is 22.4 Å². The second-order valence-corrected chi connectivity index (χ2v) is 7.20. The first kappa shape index (κ1) is 19.0. The SMILES string of the molecule is Cc1cncc(-c2noc(C(F)(F)F)c2-c2ccc(S(N)(=O)=O)c(F)c2)c1. The monoisotopic (exact) mass is 401 g/mol. The first-order valence-electron chi connectivity index (χ1n) is 7.30. The summed E-state index contributed by atoms with van der Waals surface area (Å²) < 4.78 is 81.3. The molecule has 27 heavy (non-hydrogen) atoms. The fourth-order valence-corrected chi connectivity index (χ4v) is 3.11. The lowest BCUT2D eigenvalue weighted by molar-refractivity contribution is -0.154. The number of rotatable bonds is 3. The predicted octanol–water partition coefficient (Wildman–Crippen LogP) is 3.52. The average Bonchev–Trinajstić information content (AvgIpc) is 2.98. The van der Waals surface area contributed by atoms with Crippen molar-refractivity contribution in [2.75, 3.05) is 0 Å².